The molecule has 112 valence electrons. The number of halogens is 1. The van der Waals surface area contributed by atoms with Crippen molar-refractivity contribution in [2.45, 2.75) is 33.1 Å². The van der Waals surface area contributed by atoms with Gasteiger partial charge in [0, 0.05) is 12.1 Å². The summed E-state index contributed by atoms with van der Waals surface area (Å²) in [5.41, 5.74) is 1.87. The van der Waals surface area contributed by atoms with Crippen LogP contribution in [0.3, 0.4) is 0 Å². The summed E-state index contributed by atoms with van der Waals surface area (Å²) in [6, 6.07) is 6.95. The molecule has 0 unspecified atom stereocenters. The van der Waals surface area contributed by atoms with Gasteiger partial charge in [-0.25, -0.2) is 9.97 Å². The van der Waals surface area contributed by atoms with Crippen LogP contribution < -0.4 is 5.32 Å². The van der Waals surface area contributed by atoms with Crippen LogP contribution in [0.4, 0.5) is 5.82 Å². The molecule has 0 aliphatic heterocycles. The summed E-state index contributed by atoms with van der Waals surface area (Å²) >= 11 is 3.60. The van der Waals surface area contributed by atoms with Gasteiger partial charge >= 0.3 is 0 Å². The van der Waals surface area contributed by atoms with Gasteiger partial charge < -0.3 is 10.4 Å². The van der Waals surface area contributed by atoms with Crippen molar-refractivity contribution in [2.75, 3.05) is 11.9 Å². The predicted octanol–water partition coefficient (Wildman–Crippen LogP) is 4.56. The first-order valence-corrected chi connectivity index (χ1v) is 7.93. The first-order valence-electron chi connectivity index (χ1n) is 7.13. The van der Waals surface area contributed by atoms with Crippen molar-refractivity contribution in [3.8, 4) is 17.1 Å². The fraction of sp³-hybridized carbons (Fsp3) is 0.375. The number of hydrogen-bond acceptors (Lipinski definition) is 4. The number of nitrogens with zero attached hydrogens (tertiary/aromatic N) is 2. The molecule has 0 bridgehead atoms. The molecule has 0 atom stereocenters. The van der Waals surface area contributed by atoms with Crippen molar-refractivity contribution in [3.05, 3.63) is 34.4 Å². The molecule has 4 nitrogen and oxygen atoms in total. The Labute approximate surface area is 133 Å². The lowest BCUT2D eigenvalue weighted by molar-refractivity contribution is 0.475. The number of nitrogens with one attached hydrogen (secondary N) is 1. The molecular formula is C16H20BrN3O. The van der Waals surface area contributed by atoms with Crippen molar-refractivity contribution >= 4 is 21.7 Å². The van der Waals surface area contributed by atoms with Crippen LogP contribution in [0.15, 0.2) is 28.7 Å². The van der Waals surface area contributed by atoms with Crippen molar-refractivity contribution < 1.29 is 5.11 Å². The molecule has 0 saturated heterocycles. The van der Waals surface area contributed by atoms with Crippen LogP contribution in [0.25, 0.3) is 11.4 Å². The number of hydrogen-bond donors (Lipinski definition) is 2. The molecule has 0 aliphatic rings. The van der Waals surface area contributed by atoms with Crippen LogP contribution >= 0.6 is 15.9 Å². The maximum Gasteiger partial charge on any atom is 0.161 e. The summed E-state index contributed by atoms with van der Waals surface area (Å²) in [5.74, 6) is 2.02. The minimum atomic E-state index is 0.240. The van der Waals surface area contributed by atoms with E-state index in [1.807, 2.05) is 12.1 Å². The third-order valence-electron chi connectivity index (χ3n) is 3.09. The Bertz CT molecular complexity index is 612. The Morgan fingerprint density at radius 2 is 1.86 bits per heavy atom. The summed E-state index contributed by atoms with van der Waals surface area (Å²) in [4.78, 5) is 9.26. The number of rotatable bonds is 5. The van der Waals surface area contributed by atoms with Gasteiger partial charge in [0.2, 0.25) is 0 Å². The molecule has 0 saturated carbocycles. The molecule has 0 radical (unpaired) electrons. The normalized spacial score (nSPS) is 10.9. The first-order chi connectivity index (χ1) is 10.0. The van der Waals surface area contributed by atoms with Crippen LogP contribution in [0.1, 0.15) is 38.8 Å². The van der Waals surface area contributed by atoms with Crippen LogP contribution in [0.2, 0.25) is 0 Å². The average Bonchev–Trinajstić information content (AvgIpc) is 2.47. The lowest BCUT2D eigenvalue weighted by Gasteiger charge is -2.14. The van der Waals surface area contributed by atoms with Gasteiger partial charge in [0.1, 0.15) is 11.6 Å². The Morgan fingerprint density at radius 3 is 2.43 bits per heavy atom. The van der Waals surface area contributed by atoms with E-state index in [1.54, 1.807) is 12.1 Å². The maximum absolute atomic E-state index is 9.40. The zero-order valence-electron chi connectivity index (χ0n) is 12.5. The minimum absolute atomic E-state index is 0.240. The SMILES string of the molecule is CCCNc1nc(-c2ccc(O)cc2)nc(C(C)C)c1Br. The van der Waals surface area contributed by atoms with Crippen LogP contribution in [0, 0.1) is 0 Å². The highest BCUT2D eigenvalue weighted by Gasteiger charge is 2.15. The highest BCUT2D eigenvalue weighted by atomic mass is 79.9. The van der Waals surface area contributed by atoms with Gasteiger partial charge in [-0.05, 0) is 52.5 Å². The smallest absolute Gasteiger partial charge is 0.161 e. The molecule has 1 aromatic heterocycles. The predicted molar refractivity (Wildman–Crippen MR) is 89.7 cm³/mol. The van der Waals surface area contributed by atoms with Gasteiger partial charge in [0.05, 0.1) is 10.2 Å². The Balaban J connectivity index is 2.50. The van der Waals surface area contributed by atoms with Gasteiger partial charge in [-0.3, -0.25) is 0 Å². The van der Waals surface area contributed by atoms with E-state index in [0.717, 1.165) is 34.5 Å². The van der Waals surface area contributed by atoms with Gasteiger partial charge in [0.25, 0.3) is 0 Å². The van der Waals surface area contributed by atoms with Crippen molar-refractivity contribution in [2.24, 2.45) is 0 Å². The molecule has 5 heteroatoms. The van der Waals surface area contributed by atoms with E-state index in [0.29, 0.717) is 11.7 Å². The molecule has 0 amide bonds. The minimum Gasteiger partial charge on any atom is -0.508 e. The van der Waals surface area contributed by atoms with Crippen LogP contribution in [0.5, 0.6) is 5.75 Å². The number of aromatic nitrogens is 2. The average molecular weight is 350 g/mol. The zero-order valence-corrected chi connectivity index (χ0v) is 14.1. The first kappa shape index (κ1) is 15.8. The fourth-order valence-electron chi connectivity index (χ4n) is 1.95. The van der Waals surface area contributed by atoms with E-state index in [9.17, 15) is 5.11 Å². The second-order valence-electron chi connectivity index (χ2n) is 5.22. The van der Waals surface area contributed by atoms with Gasteiger partial charge in [0.15, 0.2) is 5.82 Å². The number of benzene rings is 1. The second kappa shape index (κ2) is 6.89. The third-order valence-corrected chi connectivity index (χ3v) is 3.87. The van der Waals surface area contributed by atoms with E-state index in [1.165, 1.54) is 0 Å². The van der Waals surface area contributed by atoms with Crippen LogP contribution in [-0.2, 0) is 0 Å². The zero-order chi connectivity index (χ0) is 15.4. The molecule has 21 heavy (non-hydrogen) atoms. The van der Waals surface area contributed by atoms with E-state index >= 15 is 0 Å². The van der Waals surface area contributed by atoms with Crippen molar-refractivity contribution in [1.29, 1.82) is 0 Å². The fourth-order valence-corrected chi connectivity index (χ4v) is 2.72. The summed E-state index contributed by atoms with van der Waals surface area (Å²) in [6.07, 6.45) is 1.03. The molecule has 0 fully saturated rings. The maximum atomic E-state index is 9.40. The lowest BCUT2D eigenvalue weighted by atomic mass is 10.1. The topological polar surface area (TPSA) is 58.0 Å². The summed E-state index contributed by atoms with van der Waals surface area (Å²) in [7, 11) is 0. The Morgan fingerprint density at radius 1 is 1.19 bits per heavy atom. The summed E-state index contributed by atoms with van der Waals surface area (Å²) in [5, 5.41) is 12.7. The Kier molecular flexibility index (Phi) is 5.17. The van der Waals surface area contributed by atoms with E-state index in [4.69, 9.17) is 0 Å². The lowest BCUT2D eigenvalue weighted by Crippen LogP contribution is -2.08. The second-order valence-corrected chi connectivity index (χ2v) is 6.02. The summed E-state index contributed by atoms with van der Waals surface area (Å²) in [6.45, 7) is 7.20. The molecule has 2 rings (SSSR count). The number of anilines is 1. The largest absolute Gasteiger partial charge is 0.508 e. The third kappa shape index (κ3) is 3.73. The molecule has 2 aromatic rings. The molecule has 0 spiro atoms. The van der Waals surface area contributed by atoms with Gasteiger partial charge in [-0.2, -0.15) is 0 Å². The highest BCUT2D eigenvalue weighted by molar-refractivity contribution is 9.10. The van der Waals surface area contributed by atoms with E-state index in [2.05, 4.69) is 52.0 Å². The van der Waals surface area contributed by atoms with E-state index < -0.39 is 0 Å². The van der Waals surface area contributed by atoms with Crippen molar-refractivity contribution in [1.82, 2.24) is 9.97 Å². The number of aromatic hydroxyl groups is 1. The van der Waals surface area contributed by atoms with Gasteiger partial charge in [-0.15, -0.1) is 0 Å². The standard InChI is InChI=1S/C16H20BrN3O/c1-4-9-18-16-13(17)14(10(2)3)19-15(20-16)11-5-7-12(21)8-6-11/h5-8,10,21H,4,9H2,1-3H3,(H,18,19,20). The van der Waals surface area contributed by atoms with Crippen LogP contribution in [-0.4, -0.2) is 21.6 Å². The molecule has 1 aromatic carbocycles. The van der Waals surface area contributed by atoms with Gasteiger partial charge in [-0.1, -0.05) is 20.8 Å². The molecular weight excluding hydrogens is 330 g/mol. The van der Waals surface area contributed by atoms with E-state index in [-0.39, 0.29) is 5.75 Å². The highest BCUT2D eigenvalue weighted by Crippen LogP contribution is 2.31. The quantitative estimate of drug-likeness (QED) is 0.830. The number of phenolic OH excluding ortho intramolecular Hbond substituents is 1. The monoisotopic (exact) mass is 349 g/mol. The number of phenols is 1. The summed E-state index contributed by atoms with van der Waals surface area (Å²) < 4.78 is 0.925. The molecule has 1 heterocycles. The molecule has 0 aliphatic carbocycles. The molecule has 2 N–H and O–H groups in total. The van der Waals surface area contributed by atoms with Crippen molar-refractivity contribution in [3.63, 3.8) is 0 Å². The Hall–Kier alpha value is -1.62.